The Morgan fingerprint density at radius 3 is 2.08 bits per heavy atom. The first kappa shape index (κ1) is 26.3. The standard InChI is InChI=1S/C27H21F4N3O4/c28-19-6-10-21(11-7-19)38-20-8-3-17(4-9-20)15-32-25(35)24-2-1-13-34(24)23-12-5-18(16-33-26(36)37)14-22(23)27(29,30)31/h1-14,33H,15-16H2,(H,32,35)(H,36,37). The van der Waals surface area contributed by atoms with Crippen molar-refractivity contribution >= 4 is 12.0 Å². The van der Waals surface area contributed by atoms with Gasteiger partial charge in [-0.05, 0) is 71.8 Å². The Bertz CT molecular complexity index is 1430. The van der Waals surface area contributed by atoms with Crippen molar-refractivity contribution in [1.29, 1.82) is 0 Å². The van der Waals surface area contributed by atoms with E-state index in [1.54, 1.807) is 24.3 Å². The Kier molecular flexibility index (Phi) is 7.66. The molecule has 1 heterocycles. The van der Waals surface area contributed by atoms with Crippen LogP contribution in [0.2, 0.25) is 0 Å². The average Bonchev–Trinajstić information content (AvgIpc) is 3.37. The van der Waals surface area contributed by atoms with Gasteiger partial charge in [-0.3, -0.25) is 4.79 Å². The zero-order chi connectivity index (χ0) is 27.3. The van der Waals surface area contributed by atoms with Crippen LogP contribution in [0.15, 0.2) is 85.1 Å². The molecular formula is C27H21F4N3O4. The van der Waals surface area contributed by atoms with Gasteiger partial charge in [-0.15, -0.1) is 0 Å². The Morgan fingerprint density at radius 1 is 0.842 bits per heavy atom. The minimum atomic E-state index is -4.75. The van der Waals surface area contributed by atoms with E-state index < -0.39 is 23.7 Å². The molecule has 0 radical (unpaired) electrons. The van der Waals surface area contributed by atoms with Crippen molar-refractivity contribution in [2.75, 3.05) is 0 Å². The third-order valence-corrected chi connectivity index (χ3v) is 5.48. The van der Waals surface area contributed by atoms with E-state index >= 15 is 0 Å². The summed E-state index contributed by atoms with van der Waals surface area (Å²) in [7, 11) is 0. The molecule has 0 aliphatic heterocycles. The number of amides is 2. The Labute approximate surface area is 214 Å². The summed E-state index contributed by atoms with van der Waals surface area (Å²) < 4.78 is 61.3. The number of alkyl halides is 3. The van der Waals surface area contributed by atoms with Crippen molar-refractivity contribution in [3.63, 3.8) is 0 Å². The van der Waals surface area contributed by atoms with E-state index in [-0.39, 0.29) is 35.9 Å². The number of halogens is 4. The van der Waals surface area contributed by atoms with Crippen LogP contribution in [0.5, 0.6) is 11.5 Å². The van der Waals surface area contributed by atoms with E-state index in [9.17, 15) is 27.2 Å². The normalized spacial score (nSPS) is 11.2. The molecule has 0 saturated heterocycles. The molecule has 0 bridgehead atoms. The van der Waals surface area contributed by atoms with E-state index in [0.717, 1.165) is 10.6 Å². The first-order chi connectivity index (χ1) is 18.1. The highest BCUT2D eigenvalue weighted by atomic mass is 19.4. The van der Waals surface area contributed by atoms with Crippen molar-refractivity contribution in [3.05, 3.63) is 113 Å². The quantitative estimate of drug-likeness (QED) is 0.241. The van der Waals surface area contributed by atoms with E-state index in [4.69, 9.17) is 9.84 Å². The first-order valence-electron chi connectivity index (χ1n) is 11.3. The number of ether oxygens (including phenoxy) is 1. The number of rotatable bonds is 8. The van der Waals surface area contributed by atoms with E-state index in [0.29, 0.717) is 17.1 Å². The summed E-state index contributed by atoms with van der Waals surface area (Å²) in [5.74, 6) is -0.0134. The fraction of sp³-hybridized carbons (Fsp3) is 0.111. The van der Waals surface area contributed by atoms with Gasteiger partial charge in [-0.1, -0.05) is 18.2 Å². The number of carbonyl (C=O) groups is 2. The van der Waals surface area contributed by atoms with Crippen LogP contribution >= 0.6 is 0 Å². The molecule has 2 amide bonds. The molecule has 38 heavy (non-hydrogen) atoms. The van der Waals surface area contributed by atoms with Crippen LogP contribution in [0, 0.1) is 5.82 Å². The summed E-state index contributed by atoms with van der Waals surface area (Å²) >= 11 is 0. The summed E-state index contributed by atoms with van der Waals surface area (Å²) in [6, 6.07) is 18.5. The highest BCUT2D eigenvalue weighted by Crippen LogP contribution is 2.35. The minimum absolute atomic E-state index is 0.0109. The number of carboxylic acid groups (broad SMARTS) is 1. The summed E-state index contributed by atoms with van der Waals surface area (Å²) in [6.07, 6.45) is -4.76. The van der Waals surface area contributed by atoms with Crippen molar-refractivity contribution in [3.8, 4) is 17.2 Å². The maximum atomic E-state index is 13.8. The van der Waals surface area contributed by atoms with E-state index in [1.165, 1.54) is 54.7 Å². The molecule has 0 spiro atoms. The predicted molar refractivity (Wildman–Crippen MR) is 130 cm³/mol. The Hall–Kier alpha value is -4.80. The number of hydrogen-bond donors (Lipinski definition) is 3. The lowest BCUT2D eigenvalue weighted by Gasteiger charge is -2.17. The maximum absolute atomic E-state index is 13.8. The van der Waals surface area contributed by atoms with Gasteiger partial charge in [0, 0.05) is 19.3 Å². The molecule has 0 atom stereocenters. The van der Waals surface area contributed by atoms with Crippen LogP contribution in [0.3, 0.4) is 0 Å². The molecular weight excluding hydrogens is 506 g/mol. The third-order valence-electron chi connectivity index (χ3n) is 5.48. The summed E-state index contributed by atoms with van der Waals surface area (Å²) in [4.78, 5) is 23.6. The number of benzene rings is 3. The molecule has 196 valence electrons. The number of carbonyl (C=O) groups excluding carboxylic acids is 1. The van der Waals surface area contributed by atoms with Gasteiger partial charge in [-0.25, -0.2) is 9.18 Å². The third kappa shape index (κ3) is 6.49. The second kappa shape index (κ2) is 11.1. The Balaban J connectivity index is 1.46. The Morgan fingerprint density at radius 2 is 1.45 bits per heavy atom. The maximum Gasteiger partial charge on any atom is 0.418 e. The van der Waals surface area contributed by atoms with Crippen LogP contribution in [0.25, 0.3) is 5.69 Å². The number of hydrogen-bond acceptors (Lipinski definition) is 3. The average molecular weight is 527 g/mol. The molecule has 3 aromatic carbocycles. The molecule has 0 saturated carbocycles. The molecule has 0 unspecified atom stereocenters. The lowest BCUT2D eigenvalue weighted by atomic mass is 10.1. The highest BCUT2D eigenvalue weighted by molar-refractivity contribution is 5.93. The fourth-order valence-electron chi connectivity index (χ4n) is 3.67. The largest absolute Gasteiger partial charge is 0.465 e. The molecule has 4 aromatic rings. The lowest BCUT2D eigenvalue weighted by Crippen LogP contribution is -2.26. The van der Waals surface area contributed by atoms with Crippen LogP contribution in [-0.4, -0.2) is 21.7 Å². The van der Waals surface area contributed by atoms with Crippen LogP contribution in [0.4, 0.5) is 22.4 Å². The zero-order valence-electron chi connectivity index (χ0n) is 19.6. The van der Waals surface area contributed by atoms with E-state index in [1.807, 2.05) is 5.32 Å². The van der Waals surface area contributed by atoms with Gasteiger partial charge in [0.25, 0.3) is 5.91 Å². The summed E-state index contributed by atoms with van der Waals surface area (Å²) in [5.41, 5.74) is -0.455. The molecule has 1 aromatic heterocycles. The summed E-state index contributed by atoms with van der Waals surface area (Å²) in [6.45, 7) is -0.196. The summed E-state index contributed by atoms with van der Waals surface area (Å²) in [5, 5.41) is 13.4. The van der Waals surface area contributed by atoms with Gasteiger partial charge < -0.3 is 25.0 Å². The van der Waals surface area contributed by atoms with Gasteiger partial charge in [0.05, 0.1) is 11.3 Å². The van der Waals surface area contributed by atoms with Gasteiger partial charge in [0.2, 0.25) is 0 Å². The minimum Gasteiger partial charge on any atom is -0.465 e. The van der Waals surface area contributed by atoms with Crippen molar-refractivity contribution in [2.45, 2.75) is 19.3 Å². The SMILES string of the molecule is O=C(O)NCc1ccc(-n2cccc2C(=O)NCc2ccc(Oc3ccc(F)cc3)cc2)c(C(F)(F)F)c1. The molecule has 0 aliphatic rings. The van der Waals surface area contributed by atoms with Gasteiger partial charge in [0.1, 0.15) is 23.0 Å². The van der Waals surface area contributed by atoms with Gasteiger partial charge in [-0.2, -0.15) is 13.2 Å². The first-order valence-corrected chi connectivity index (χ1v) is 11.3. The predicted octanol–water partition coefficient (Wildman–Crippen LogP) is 6.13. The number of aromatic nitrogens is 1. The molecule has 4 rings (SSSR count). The smallest absolute Gasteiger partial charge is 0.418 e. The van der Waals surface area contributed by atoms with Crippen molar-refractivity contribution in [2.24, 2.45) is 0 Å². The molecule has 0 fully saturated rings. The fourth-order valence-corrected chi connectivity index (χ4v) is 3.67. The molecule has 0 aliphatic carbocycles. The molecule has 11 heteroatoms. The molecule has 3 N–H and O–H groups in total. The van der Waals surface area contributed by atoms with Gasteiger partial charge in [0.15, 0.2) is 0 Å². The van der Waals surface area contributed by atoms with Crippen LogP contribution in [-0.2, 0) is 19.3 Å². The van der Waals surface area contributed by atoms with Crippen molar-refractivity contribution < 1.29 is 37.0 Å². The van der Waals surface area contributed by atoms with Gasteiger partial charge >= 0.3 is 12.3 Å². The van der Waals surface area contributed by atoms with Crippen LogP contribution in [0.1, 0.15) is 27.2 Å². The molecule has 7 nitrogen and oxygen atoms in total. The zero-order valence-corrected chi connectivity index (χ0v) is 19.6. The number of nitrogens with zero attached hydrogens (tertiary/aromatic N) is 1. The van der Waals surface area contributed by atoms with E-state index in [2.05, 4.69) is 5.32 Å². The topological polar surface area (TPSA) is 92.6 Å². The number of nitrogens with one attached hydrogen (secondary N) is 2. The second-order valence-corrected chi connectivity index (χ2v) is 8.15. The highest BCUT2D eigenvalue weighted by Gasteiger charge is 2.35. The van der Waals surface area contributed by atoms with Crippen LogP contribution < -0.4 is 15.4 Å². The van der Waals surface area contributed by atoms with Crippen molar-refractivity contribution in [1.82, 2.24) is 15.2 Å². The lowest BCUT2D eigenvalue weighted by molar-refractivity contribution is -0.137. The monoisotopic (exact) mass is 527 g/mol. The second-order valence-electron chi connectivity index (χ2n) is 8.15.